The van der Waals surface area contributed by atoms with E-state index in [0.29, 0.717) is 12.0 Å². The van der Waals surface area contributed by atoms with Crippen molar-refractivity contribution in [1.29, 1.82) is 0 Å². The topological polar surface area (TPSA) is 38.1 Å². The van der Waals surface area contributed by atoms with Gasteiger partial charge in [0.05, 0.1) is 5.69 Å². The van der Waals surface area contributed by atoms with Gasteiger partial charge in [0.25, 0.3) is 0 Å². The first-order chi connectivity index (χ1) is 7.81. The van der Waals surface area contributed by atoms with E-state index in [-0.39, 0.29) is 0 Å². The van der Waals surface area contributed by atoms with Crippen molar-refractivity contribution in [3.63, 3.8) is 0 Å². The Labute approximate surface area is 95.9 Å². The Morgan fingerprint density at radius 1 is 1.50 bits per heavy atom. The van der Waals surface area contributed by atoms with E-state index in [2.05, 4.69) is 22.6 Å². The number of rotatable bonds is 2. The second kappa shape index (κ2) is 4.06. The van der Waals surface area contributed by atoms with Crippen molar-refractivity contribution in [2.24, 2.45) is 5.92 Å². The fourth-order valence-corrected chi connectivity index (χ4v) is 2.96. The van der Waals surface area contributed by atoms with Gasteiger partial charge in [0.1, 0.15) is 0 Å². The standard InChI is InChI=1S/C13H18N2O/c1-9-7-12(16-15-9)6-5-10-8-11-3-2-4-13(10)14-11/h5-7,10-11,13-14H,2-4,8H2,1H3/b6-5-. The zero-order valence-corrected chi connectivity index (χ0v) is 9.65. The van der Waals surface area contributed by atoms with Crippen LogP contribution in [0.15, 0.2) is 16.7 Å². The van der Waals surface area contributed by atoms with E-state index in [1.54, 1.807) is 0 Å². The number of fused-ring (bicyclic) bond motifs is 2. The molecule has 2 saturated heterocycles. The first-order valence-corrected chi connectivity index (χ1v) is 6.19. The minimum absolute atomic E-state index is 0.679. The van der Waals surface area contributed by atoms with Gasteiger partial charge in [0.2, 0.25) is 0 Å². The molecule has 3 heteroatoms. The summed E-state index contributed by atoms with van der Waals surface area (Å²) in [5, 5.41) is 7.57. The zero-order valence-electron chi connectivity index (χ0n) is 9.65. The van der Waals surface area contributed by atoms with Crippen LogP contribution in [0.25, 0.3) is 6.08 Å². The van der Waals surface area contributed by atoms with Gasteiger partial charge >= 0.3 is 0 Å². The fraction of sp³-hybridized carbons (Fsp3) is 0.615. The zero-order chi connectivity index (χ0) is 11.0. The SMILES string of the molecule is Cc1cc(/C=C\C2CC3CCCC2N3)on1. The molecule has 86 valence electrons. The third kappa shape index (κ3) is 1.92. The maximum atomic E-state index is 5.18. The number of hydrogen-bond acceptors (Lipinski definition) is 3. The maximum absolute atomic E-state index is 5.18. The Balaban J connectivity index is 1.68. The smallest absolute Gasteiger partial charge is 0.159 e. The highest BCUT2D eigenvalue weighted by molar-refractivity contribution is 5.43. The molecule has 0 aromatic carbocycles. The molecule has 2 bridgehead atoms. The lowest BCUT2D eigenvalue weighted by atomic mass is 9.98. The molecule has 0 amide bonds. The van der Waals surface area contributed by atoms with E-state index in [0.717, 1.165) is 17.5 Å². The van der Waals surface area contributed by atoms with Gasteiger partial charge in [-0.25, -0.2) is 0 Å². The normalized spacial score (nSPS) is 33.7. The van der Waals surface area contributed by atoms with Crippen LogP contribution in [0, 0.1) is 12.8 Å². The second-order valence-corrected chi connectivity index (χ2v) is 5.03. The highest BCUT2D eigenvalue weighted by atomic mass is 16.5. The largest absolute Gasteiger partial charge is 0.357 e. The van der Waals surface area contributed by atoms with Crippen molar-refractivity contribution in [1.82, 2.24) is 10.5 Å². The van der Waals surface area contributed by atoms with Crippen molar-refractivity contribution < 1.29 is 4.52 Å². The van der Waals surface area contributed by atoms with E-state index in [4.69, 9.17) is 4.52 Å². The quantitative estimate of drug-likeness (QED) is 0.829. The number of nitrogens with one attached hydrogen (secondary N) is 1. The molecule has 1 aromatic heterocycles. The third-order valence-corrected chi connectivity index (χ3v) is 3.74. The number of aromatic nitrogens is 1. The summed E-state index contributed by atoms with van der Waals surface area (Å²) in [5.74, 6) is 1.55. The third-order valence-electron chi connectivity index (χ3n) is 3.74. The highest BCUT2D eigenvalue weighted by Crippen LogP contribution is 2.32. The van der Waals surface area contributed by atoms with Crippen LogP contribution in [0.4, 0.5) is 0 Å². The number of piperidine rings is 1. The van der Waals surface area contributed by atoms with Crippen LogP contribution in [0.2, 0.25) is 0 Å². The van der Waals surface area contributed by atoms with Crippen LogP contribution in [0.5, 0.6) is 0 Å². The van der Waals surface area contributed by atoms with Crippen molar-refractivity contribution >= 4 is 6.08 Å². The van der Waals surface area contributed by atoms with E-state index < -0.39 is 0 Å². The number of aryl methyl sites for hydroxylation is 1. The molecule has 1 aromatic rings. The lowest BCUT2D eigenvalue weighted by Gasteiger charge is -2.21. The Kier molecular flexibility index (Phi) is 2.56. The van der Waals surface area contributed by atoms with Gasteiger partial charge in [-0.3, -0.25) is 0 Å². The van der Waals surface area contributed by atoms with Crippen LogP contribution in [0.3, 0.4) is 0 Å². The summed E-state index contributed by atoms with van der Waals surface area (Å²) in [6.07, 6.45) is 9.71. The Morgan fingerprint density at radius 2 is 2.44 bits per heavy atom. The molecule has 2 fully saturated rings. The second-order valence-electron chi connectivity index (χ2n) is 5.03. The van der Waals surface area contributed by atoms with Gasteiger partial charge in [-0.2, -0.15) is 0 Å². The van der Waals surface area contributed by atoms with Crippen LogP contribution in [0.1, 0.15) is 37.1 Å². The van der Waals surface area contributed by atoms with Gasteiger partial charge in [0, 0.05) is 18.2 Å². The minimum Gasteiger partial charge on any atom is -0.357 e. The molecule has 3 unspecified atom stereocenters. The summed E-state index contributed by atoms with van der Waals surface area (Å²) >= 11 is 0. The Hall–Kier alpha value is -1.09. The molecule has 0 saturated carbocycles. The molecule has 0 aliphatic carbocycles. The van der Waals surface area contributed by atoms with Crippen LogP contribution in [-0.4, -0.2) is 17.2 Å². The summed E-state index contributed by atoms with van der Waals surface area (Å²) < 4.78 is 5.18. The fourth-order valence-electron chi connectivity index (χ4n) is 2.96. The van der Waals surface area contributed by atoms with E-state index >= 15 is 0 Å². The van der Waals surface area contributed by atoms with Crippen molar-refractivity contribution in [2.45, 2.75) is 44.7 Å². The summed E-state index contributed by atoms with van der Waals surface area (Å²) in [7, 11) is 0. The van der Waals surface area contributed by atoms with Gasteiger partial charge in [-0.15, -0.1) is 0 Å². The molecule has 2 aliphatic rings. The van der Waals surface area contributed by atoms with Crippen LogP contribution >= 0.6 is 0 Å². The molecule has 0 spiro atoms. The highest BCUT2D eigenvalue weighted by Gasteiger charge is 2.34. The summed E-state index contributed by atoms with van der Waals surface area (Å²) in [6, 6.07) is 3.43. The molecular weight excluding hydrogens is 200 g/mol. The molecule has 2 aliphatic heterocycles. The lowest BCUT2D eigenvalue weighted by molar-refractivity contribution is 0.392. The van der Waals surface area contributed by atoms with Crippen molar-refractivity contribution in [3.8, 4) is 0 Å². The Bertz CT molecular complexity index is 396. The average molecular weight is 218 g/mol. The first-order valence-electron chi connectivity index (χ1n) is 6.19. The summed E-state index contributed by atoms with van der Waals surface area (Å²) in [4.78, 5) is 0. The molecule has 3 atom stereocenters. The molecular formula is C13H18N2O. The molecule has 0 radical (unpaired) electrons. The molecule has 16 heavy (non-hydrogen) atoms. The van der Waals surface area contributed by atoms with E-state index in [1.807, 2.05) is 13.0 Å². The maximum Gasteiger partial charge on any atom is 0.159 e. The van der Waals surface area contributed by atoms with Gasteiger partial charge in [-0.05, 0) is 38.2 Å². The number of nitrogens with zero attached hydrogens (tertiary/aromatic N) is 1. The summed E-state index contributed by atoms with van der Waals surface area (Å²) in [6.45, 7) is 1.95. The predicted octanol–water partition coefficient (Wildman–Crippen LogP) is 2.53. The van der Waals surface area contributed by atoms with E-state index in [9.17, 15) is 0 Å². The molecule has 1 N–H and O–H groups in total. The first kappa shape index (κ1) is 10.1. The molecule has 3 nitrogen and oxygen atoms in total. The van der Waals surface area contributed by atoms with Crippen molar-refractivity contribution in [2.75, 3.05) is 0 Å². The average Bonchev–Trinajstić information content (AvgIpc) is 2.81. The van der Waals surface area contributed by atoms with Gasteiger partial charge in [-0.1, -0.05) is 17.7 Å². The lowest BCUT2D eigenvalue weighted by Crippen LogP contribution is -2.35. The Morgan fingerprint density at radius 3 is 3.19 bits per heavy atom. The molecule has 3 heterocycles. The van der Waals surface area contributed by atoms with Crippen molar-refractivity contribution in [3.05, 3.63) is 23.6 Å². The van der Waals surface area contributed by atoms with Gasteiger partial charge < -0.3 is 9.84 Å². The monoisotopic (exact) mass is 218 g/mol. The molecule has 3 rings (SSSR count). The van der Waals surface area contributed by atoms with E-state index in [1.165, 1.54) is 25.7 Å². The minimum atomic E-state index is 0.679. The number of hydrogen-bond donors (Lipinski definition) is 1. The van der Waals surface area contributed by atoms with Crippen LogP contribution < -0.4 is 5.32 Å². The summed E-state index contributed by atoms with van der Waals surface area (Å²) in [5.41, 5.74) is 0.947. The van der Waals surface area contributed by atoms with Gasteiger partial charge in [0.15, 0.2) is 5.76 Å². The predicted molar refractivity (Wildman–Crippen MR) is 62.9 cm³/mol. The van der Waals surface area contributed by atoms with Crippen LogP contribution in [-0.2, 0) is 0 Å².